The van der Waals surface area contributed by atoms with Crippen LogP contribution in [0.25, 0.3) is 10.4 Å². The van der Waals surface area contributed by atoms with Crippen molar-refractivity contribution in [3.8, 4) is 0 Å². The molecule has 0 radical (unpaired) electrons. The fourth-order valence-electron chi connectivity index (χ4n) is 3.47. The molecule has 2 atom stereocenters. The van der Waals surface area contributed by atoms with Gasteiger partial charge in [-0.15, -0.1) is 0 Å². The summed E-state index contributed by atoms with van der Waals surface area (Å²) in [5.41, 5.74) is 9.88. The van der Waals surface area contributed by atoms with Gasteiger partial charge in [0.15, 0.2) is 0 Å². The molecule has 1 aliphatic carbocycles. The first-order chi connectivity index (χ1) is 13.6. The van der Waals surface area contributed by atoms with Crippen molar-refractivity contribution in [3.63, 3.8) is 0 Å². The van der Waals surface area contributed by atoms with Crippen molar-refractivity contribution in [2.45, 2.75) is 44.7 Å². The summed E-state index contributed by atoms with van der Waals surface area (Å²) in [6.07, 6.45) is 3.44. The summed E-state index contributed by atoms with van der Waals surface area (Å²) in [4.78, 5) is 32.0. The van der Waals surface area contributed by atoms with Crippen LogP contribution in [0.15, 0.2) is 35.4 Å². The van der Waals surface area contributed by atoms with E-state index in [9.17, 15) is 9.59 Å². The first-order valence-electron chi connectivity index (χ1n) is 9.95. The number of hydrogen-bond acceptors (Lipinski definition) is 4. The average molecular weight is 385 g/mol. The molecule has 0 bridgehead atoms. The number of unbranched alkanes of at least 4 members (excludes halogenated alkanes) is 1. The van der Waals surface area contributed by atoms with E-state index in [-0.39, 0.29) is 18.5 Å². The Bertz CT molecular complexity index is 731. The van der Waals surface area contributed by atoms with Gasteiger partial charge in [-0.1, -0.05) is 48.8 Å². The molecule has 8 nitrogen and oxygen atoms in total. The molecule has 1 aliphatic heterocycles. The molecule has 0 N–H and O–H groups in total. The zero-order valence-electron chi connectivity index (χ0n) is 16.2. The highest BCUT2D eigenvalue weighted by atomic mass is 16.6. The van der Waals surface area contributed by atoms with Gasteiger partial charge in [0.25, 0.3) is 0 Å². The normalized spacial score (nSPS) is 22.4. The number of amides is 2. The largest absolute Gasteiger partial charge is 0.449 e. The van der Waals surface area contributed by atoms with E-state index in [2.05, 4.69) is 10.0 Å². The van der Waals surface area contributed by atoms with Crippen LogP contribution in [0.2, 0.25) is 0 Å². The van der Waals surface area contributed by atoms with E-state index < -0.39 is 12.1 Å². The Morgan fingerprint density at radius 2 is 2.04 bits per heavy atom. The molecule has 3 rings (SSSR count). The van der Waals surface area contributed by atoms with Gasteiger partial charge in [-0.2, -0.15) is 0 Å². The minimum atomic E-state index is -0.934. The summed E-state index contributed by atoms with van der Waals surface area (Å²) >= 11 is 0. The van der Waals surface area contributed by atoms with Crippen molar-refractivity contribution >= 4 is 12.0 Å². The van der Waals surface area contributed by atoms with Gasteiger partial charge >= 0.3 is 6.09 Å². The molecule has 2 aliphatic rings. The van der Waals surface area contributed by atoms with Gasteiger partial charge in [0.2, 0.25) is 5.91 Å². The van der Waals surface area contributed by atoms with Crippen molar-refractivity contribution in [1.29, 1.82) is 0 Å². The second-order valence-corrected chi connectivity index (χ2v) is 7.45. The molecule has 28 heavy (non-hydrogen) atoms. The Morgan fingerprint density at radius 3 is 2.68 bits per heavy atom. The molecule has 1 saturated carbocycles. The van der Waals surface area contributed by atoms with Gasteiger partial charge in [-0.25, -0.2) is 4.79 Å². The lowest BCUT2D eigenvalue weighted by Gasteiger charge is -2.31. The Labute approximate surface area is 165 Å². The molecule has 150 valence electrons. The smallest absolute Gasteiger partial charge is 0.410 e. The van der Waals surface area contributed by atoms with Gasteiger partial charge in [0.1, 0.15) is 6.04 Å². The second-order valence-electron chi connectivity index (χ2n) is 7.45. The van der Waals surface area contributed by atoms with Crippen LogP contribution in [0.3, 0.4) is 0 Å². The average Bonchev–Trinajstić information content (AvgIpc) is 3.53. The van der Waals surface area contributed by atoms with Crippen LogP contribution in [0.5, 0.6) is 0 Å². The number of hydrogen-bond donors (Lipinski definition) is 0. The number of carbonyl (C=O) groups is 2. The second kappa shape index (κ2) is 9.46. The molecule has 0 aromatic heterocycles. The summed E-state index contributed by atoms with van der Waals surface area (Å²) in [7, 11) is 0. The fourth-order valence-corrected chi connectivity index (χ4v) is 3.47. The lowest BCUT2D eigenvalue weighted by Crippen LogP contribution is -2.40. The van der Waals surface area contributed by atoms with Crippen LogP contribution in [-0.4, -0.2) is 54.1 Å². The first kappa shape index (κ1) is 20.0. The quantitative estimate of drug-likeness (QED) is 0.308. The molecule has 1 aromatic rings. The molecule has 0 unspecified atom stereocenters. The van der Waals surface area contributed by atoms with Crippen molar-refractivity contribution < 1.29 is 14.3 Å². The maximum absolute atomic E-state index is 13.0. The van der Waals surface area contributed by atoms with Crippen LogP contribution < -0.4 is 0 Å². The van der Waals surface area contributed by atoms with Gasteiger partial charge < -0.3 is 9.64 Å². The summed E-state index contributed by atoms with van der Waals surface area (Å²) in [5.74, 6) is 0.282. The van der Waals surface area contributed by atoms with E-state index in [1.165, 1.54) is 0 Å². The SMILES string of the molecule is CCCCOC(=O)N1C[C@H](N=[N+]=[N-])C(=O)N(CC2CC2)C[C@@H]1c1ccccc1. The molecule has 1 heterocycles. The maximum Gasteiger partial charge on any atom is 0.410 e. The Balaban J connectivity index is 1.91. The monoisotopic (exact) mass is 385 g/mol. The lowest BCUT2D eigenvalue weighted by atomic mass is 10.1. The fraction of sp³-hybridized carbons (Fsp3) is 0.600. The maximum atomic E-state index is 13.0. The number of ether oxygens (including phenoxy) is 1. The Morgan fingerprint density at radius 1 is 1.29 bits per heavy atom. The van der Waals surface area contributed by atoms with E-state index in [1.54, 1.807) is 9.80 Å². The minimum absolute atomic E-state index is 0.0224. The van der Waals surface area contributed by atoms with E-state index in [4.69, 9.17) is 10.3 Å². The highest BCUT2D eigenvalue weighted by molar-refractivity contribution is 5.84. The van der Waals surface area contributed by atoms with Crippen molar-refractivity contribution in [2.24, 2.45) is 11.0 Å². The molecule has 1 aromatic carbocycles. The van der Waals surface area contributed by atoms with Gasteiger partial charge in [0.05, 0.1) is 12.6 Å². The molecule has 0 spiro atoms. The third-order valence-corrected chi connectivity index (χ3v) is 5.24. The molecular formula is C20H27N5O3. The van der Waals surface area contributed by atoms with E-state index >= 15 is 0 Å². The molecule has 1 saturated heterocycles. The van der Waals surface area contributed by atoms with Crippen molar-refractivity contribution in [3.05, 3.63) is 46.3 Å². The lowest BCUT2D eigenvalue weighted by molar-refractivity contribution is -0.132. The Kier molecular flexibility index (Phi) is 6.76. The highest BCUT2D eigenvalue weighted by Crippen LogP contribution is 2.33. The summed E-state index contributed by atoms with van der Waals surface area (Å²) < 4.78 is 5.44. The third-order valence-electron chi connectivity index (χ3n) is 5.24. The predicted molar refractivity (Wildman–Crippen MR) is 104 cm³/mol. The first-order valence-corrected chi connectivity index (χ1v) is 9.95. The highest BCUT2D eigenvalue weighted by Gasteiger charge is 2.40. The van der Waals surface area contributed by atoms with Gasteiger partial charge in [-0.05, 0) is 36.3 Å². The zero-order valence-corrected chi connectivity index (χ0v) is 16.2. The summed E-state index contributed by atoms with van der Waals surface area (Å²) in [6, 6.07) is 8.38. The van der Waals surface area contributed by atoms with Gasteiger partial charge in [-0.3, -0.25) is 9.69 Å². The van der Waals surface area contributed by atoms with E-state index in [1.807, 2.05) is 37.3 Å². The standard InChI is InChI=1S/C20H27N5O3/c1-2-3-11-28-20(27)25-13-17(22-23-21)19(26)24(12-15-9-10-15)14-18(25)16-7-5-4-6-8-16/h4-8,15,17-18H,2-3,9-14H2,1H3/t17-,18+/m0/s1. The van der Waals surface area contributed by atoms with Crippen LogP contribution in [0, 0.1) is 5.92 Å². The van der Waals surface area contributed by atoms with Gasteiger partial charge in [0, 0.05) is 24.5 Å². The summed E-state index contributed by atoms with van der Waals surface area (Å²) in [6.45, 7) is 3.39. The van der Waals surface area contributed by atoms with Crippen molar-refractivity contribution in [1.82, 2.24) is 9.80 Å². The van der Waals surface area contributed by atoms with E-state index in [0.29, 0.717) is 25.6 Å². The van der Waals surface area contributed by atoms with Crippen LogP contribution >= 0.6 is 0 Å². The topological polar surface area (TPSA) is 98.6 Å². The van der Waals surface area contributed by atoms with Crippen molar-refractivity contribution in [2.75, 3.05) is 26.2 Å². The van der Waals surface area contributed by atoms with Crippen LogP contribution in [0.4, 0.5) is 4.79 Å². The minimum Gasteiger partial charge on any atom is -0.449 e. The van der Waals surface area contributed by atoms with Crippen LogP contribution in [0.1, 0.15) is 44.2 Å². The molecule has 8 heteroatoms. The number of rotatable bonds is 7. The molecule has 2 amide bonds. The molecular weight excluding hydrogens is 358 g/mol. The molecule has 2 fully saturated rings. The zero-order chi connectivity index (χ0) is 19.9. The number of nitrogens with zero attached hydrogens (tertiary/aromatic N) is 5. The number of carbonyl (C=O) groups excluding carboxylic acids is 2. The predicted octanol–water partition coefficient (Wildman–Crippen LogP) is 3.90. The number of benzene rings is 1. The van der Waals surface area contributed by atoms with Crippen LogP contribution in [-0.2, 0) is 9.53 Å². The van der Waals surface area contributed by atoms with E-state index in [0.717, 1.165) is 31.2 Å². The Hall–Kier alpha value is -2.73. The summed E-state index contributed by atoms with van der Waals surface area (Å²) in [5, 5.41) is 3.70. The number of azide groups is 1. The third kappa shape index (κ3) is 4.95.